The lowest BCUT2D eigenvalue weighted by molar-refractivity contribution is 0.527. The fourth-order valence-corrected chi connectivity index (χ4v) is 3.00. The van der Waals surface area contributed by atoms with Crippen LogP contribution in [0.3, 0.4) is 0 Å². The predicted octanol–water partition coefficient (Wildman–Crippen LogP) is 2.63. The van der Waals surface area contributed by atoms with Gasteiger partial charge in [-0.1, -0.05) is 0 Å². The predicted molar refractivity (Wildman–Crippen MR) is 96.3 cm³/mol. The van der Waals surface area contributed by atoms with E-state index in [1.807, 2.05) is 31.1 Å². The summed E-state index contributed by atoms with van der Waals surface area (Å²) in [5.74, 6) is 1.06. The first-order valence-corrected chi connectivity index (χ1v) is 8.27. The van der Waals surface area contributed by atoms with Crippen LogP contribution in [0, 0.1) is 17.1 Å². The third kappa shape index (κ3) is 4.15. The molecule has 2 aromatic rings. The monoisotopic (exact) mass is 340 g/mol. The van der Waals surface area contributed by atoms with E-state index in [4.69, 9.17) is 5.26 Å². The van der Waals surface area contributed by atoms with E-state index in [2.05, 4.69) is 20.2 Å². The van der Waals surface area contributed by atoms with Crippen LogP contribution in [0.25, 0.3) is 0 Å². The standard InChI is InChI=1S/C18H21FN6/c1-24(2)18-21-6-5-17(23-18)22-15-4-3-7-25(12-15)16-9-13(11-20)8-14(19)10-16/h5-6,8-10,15H,3-4,7,12H2,1-2H3,(H,21,22,23). The van der Waals surface area contributed by atoms with Crippen LogP contribution in [0.5, 0.6) is 0 Å². The number of rotatable bonds is 4. The lowest BCUT2D eigenvalue weighted by atomic mass is 10.0. The molecule has 0 spiro atoms. The van der Waals surface area contributed by atoms with Crippen molar-refractivity contribution in [3.63, 3.8) is 0 Å². The molecule has 1 atom stereocenters. The van der Waals surface area contributed by atoms with Gasteiger partial charge in [-0.15, -0.1) is 0 Å². The average molecular weight is 340 g/mol. The molecule has 0 aliphatic carbocycles. The Morgan fingerprint density at radius 1 is 1.36 bits per heavy atom. The molecule has 1 unspecified atom stereocenters. The van der Waals surface area contributed by atoms with E-state index >= 15 is 0 Å². The molecule has 1 aromatic heterocycles. The Morgan fingerprint density at radius 2 is 2.20 bits per heavy atom. The summed E-state index contributed by atoms with van der Waals surface area (Å²) in [5, 5.41) is 12.5. The fourth-order valence-electron chi connectivity index (χ4n) is 3.00. The molecule has 6 nitrogen and oxygen atoms in total. The minimum absolute atomic E-state index is 0.201. The van der Waals surface area contributed by atoms with E-state index in [-0.39, 0.29) is 11.9 Å². The first kappa shape index (κ1) is 17.0. The number of halogens is 1. The molecule has 7 heteroatoms. The number of aromatic nitrogens is 2. The maximum atomic E-state index is 13.7. The second-order valence-electron chi connectivity index (χ2n) is 6.38. The largest absolute Gasteiger partial charge is 0.369 e. The molecule has 130 valence electrons. The van der Waals surface area contributed by atoms with Gasteiger partial charge < -0.3 is 15.1 Å². The van der Waals surface area contributed by atoms with Crippen molar-refractivity contribution in [2.75, 3.05) is 42.3 Å². The summed E-state index contributed by atoms with van der Waals surface area (Å²) in [5.41, 5.74) is 1.09. The van der Waals surface area contributed by atoms with Gasteiger partial charge in [0, 0.05) is 45.1 Å². The van der Waals surface area contributed by atoms with Gasteiger partial charge in [0.15, 0.2) is 0 Å². The molecule has 1 N–H and O–H groups in total. The molecule has 1 aromatic carbocycles. The highest BCUT2D eigenvalue weighted by Gasteiger charge is 2.21. The van der Waals surface area contributed by atoms with E-state index < -0.39 is 0 Å². The van der Waals surface area contributed by atoms with Gasteiger partial charge in [0.05, 0.1) is 11.6 Å². The number of hydrogen-bond acceptors (Lipinski definition) is 6. The van der Waals surface area contributed by atoms with Crippen molar-refractivity contribution in [3.05, 3.63) is 41.8 Å². The molecule has 1 fully saturated rings. The third-order valence-corrected chi connectivity index (χ3v) is 4.19. The van der Waals surface area contributed by atoms with Gasteiger partial charge in [0.2, 0.25) is 5.95 Å². The number of hydrogen-bond donors (Lipinski definition) is 1. The Morgan fingerprint density at radius 3 is 2.96 bits per heavy atom. The quantitative estimate of drug-likeness (QED) is 0.923. The van der Waals surface area contributed by atoms with Gasteiger partial charge in [-0.05, 0) is 37.1 Å². The summed E-state index contributed by atoms with van der Waals surface area (Å²) in [7, 11) is 3.80. The molecule has 1 saturated heterocycles. The zero-order valence-electron chi connectivity index (χ0n) is 14.4. The van der Waals surface area contributed by atoms with E-state index in [1.165, 1.54) is 12.1 Å². The second-order valence-corrected chi connectivity index (χ2v) is 6.38. The fraction of sp³-hybridized carbons (Fsp3) is 0.389. The number of anilines is 3. The summed E-state index contributed by atoms with van der Waals surface area (Å²) < 4.78 is 13.7. The van der Waals surface area contributed by atoms with Crippen molar-refractivity contribution in [2.24, 2.45) is 0 Å². The SMILES string of the molecule is CN(C)c1nccc(NC2CCCN(c3cc(F)cc(C#N)c3)C2)n1. The summed E-state index contributed by atoms with van der Waals surface area (Å²) in [4.78, 5) is 12.7. The maximum Gasteiger partial charge on any atom is 0.226 e. The topological polar surface area (TPSA) is 68.1 Å². The molecule has 25 heavy (non-hydrogen) atoms. The highest BCUT2D eigenvalue weighted by molar-refractivity contribution is 5.53. The number of nitrogens with one attached hydrogen (secondary N) is 1. The van der Waals surface area contributed by atoms with Gasteiger partial charge in [0.25, 0.3) is 0 Å². The van der Waals surface area contributed by atoms with E-state index in [9.17, 15) is 4.39 Å². The van der Waals surface area contributed by atoms with Crippen LogP contribution in [0.2, 0.25) is 0 Å². The highest BCUT2D eigenvalue weighted by atomic mass is 19.1. The molecule has 1 aliphatic rings. The molecule has 0 bridgehead atoms. The maximum absolute atomic E-state index is 13.7. The molecule has 1 aliphatic heterocycles. The van der Waals surface area contributed by atoms with Gasteiger partial charge in [0.1, 0.15) is 11.6 Å². The normalized spacial score (nSPS) is 17.0. The van der Waals surface area contributed by atoms with Crippen LogP contribution in [-0.2, 0) is 0 Å². The minimum atomic E-state index is -0.379. The van der Waals surface area contributed by atoms with Gasteiger partial charge >= 0.3 is 0 Å². The summed E-state index contributed by atoms with van der Waals surface area (Å²) in [6, 6.07) is 8.54. The van der Waals surface area contributed by atoms with Gasteiger partial charge in [-0.2, -0.15) is 10.2 Å². The van der Waals surface area contributed by atoms with Crippen LogP contribution in [0.1, 0.15) is 18.4 Å². The summed E-state index contributed by atoms with van der Waals surface area (Å²) in [6.07, 6.45) is 3.73. The molecule has 0 radical (unpaired) electrons. The summed E-state index contributed by atoms with van der Waals surface area (Å²) >= 11 is 0. The van der Waals surface area contributed by atoms with E-state index in [0.717, 1.165) is 37.4 Å². The van der Waals surface area contributed by atoms with Crippen molar-refractivity contribution in [1.82, 2.24) is 9.97 Å². The lowest BCUT2D eigenvalue weighted by Crippen LogP contribution is -2.42. The van der Waals surface area contributed by atoms with Crippen molar-refractivity contribution in [1.29, 1.82) is 5.26 Å². The van der Waals surface area contributed by atoms with Gasteiger partial charge in [-0.3, -0.25) is 0 Å². The lowest BCUT2D eigenvalue weighted by Gasteiger charge is -2.35. The van der Waals surface area contributed by atoms with Crippen LogP contribution in [0.15, 0.2) is 30.5 Å². The van der Waals surface area contributed by atoms with Crippen molar-refractivity contribution < 1.29 is 4.39 Å². The molecule has 0 saturated carbocycles. The van der Waals surface area contributed by atoms with Crippen molar-refractivity contribution in [3.8, 4) is 6.07 Å². The average Bonchev–Trinajstić information content (AvgIpc) is 2.61. The Hall–Kier alpha value is -2.88. The zero-order valence-corrected chi connectivity index (χ0v) is 14.4. The molecular formula is C18H21FN6. The summed E-state index contributed by atoms with van der Waals surface area (Å²) in [6.45, 7) is 1.58. The Bertz CT molecular complexity index is 785. The minimum Gasteiger partial charge on any atom is -0.369 e. The zero-order chi connectivity index (χ0) is 17.8. The number of benzene rings is 1. The number of piperidine rings is 1. The first-order chi connectivity index (χ1) is 12.0. The van der Waals surface area contributed by atoms with Crippen molar-refractivity contribution in [2.45, 2.75) is 18.9 Å². The van der Waals surface area contributed by atoms with Crippen LogP contribution < -0.4 is 15.1 Å². The molecule has 2 heterocycles. The van der Waals surface area contributed by atoms with Crippen molar-refractivity contribution >= 4 is 17.5 Å². The Labute approximate surface area is 146 Å². The molecule has 3 rings (SSSR count). The Balaban J connectivity index is 1.72. The van der Waals surface area contributed by atoms with Crippen LogP contribution in [0.4, 0.5) is 21.8 Å². The second kappa shape index (κ2) is 7.34. The first-order valence-electron chi connectivity index (χ1n) is 8.27. The number of nitrogens with zero attached hydrogens (tertiary/aromatic N) is 5. The molecule has 0 amide bonds. The van der Waals surface area contributed by atoms with E-state index in [1.54, 1.807) is 12.3 Å². The van der Waals surface area contributed by atoms with Crippen LogP contribution in [-0.4, -0.2) is 43.2 Å². The molecular weight excluding hydrogens is 319 g/mol. The van der Waals surface area contributed by atoms with E-state index in [0.29, 0.717) is 11.5 Å². The smallest absolute Gasteiger partial charge is 0.226 e. The Kier molecular flexibility index (Phi) is 4.98. The third-order valence-electron chi connectivity index (χ3n) is 4.19. The highest BCUT2D eigenvalue weighted by Crippen LogP contribution is 2.24. The van der Waals surface area contributed by atoms with Gasteiger partial charge in [-0.25, -0.2) is 9.37 Å². The number of nitriles is 1. The van der Waals surface area contributed by atoms with Crippen LogP contribution >= 0.6 is 0 Å².